The summed E-state index contributed by atoms with van der Waals surface area (Å²) in [6.07, 6.45) is 0. The van der Waals surface area contributed by atoms with Crippen LogP contribution in [0.4, 0.5) is 0 Å². The molecule has 3 rings (SSSR count). The van der Waals surface area contributed by atoms with Gasteiger partial charge in [-0.05, 0) is 55.8 Å². The van der Waals surface area contributed by atoms with E-state index in [0.717, 1.165) is 5.56 Å². The molecule has 28 heavy (non-hydrogen) atoms. The van der Waals surface area contributed by atoms with Crippen LogP contribution in [-0.4, -0.2) is 33.6 Å². The van der Waals surface area contributed by atoms with Crippen molar-refractivity contribution in [3.63, 3.8) is 0 Å². The van der Waals surface area contributed by atoms with Gasteiger partial charge in [0.15, 0.2) is 11.5 Å². The van der Waals surface area contributed by atoms with E-state index in [0.29, 0.717) is 29.7 Å². The third-order valence-corrected chi connectivity index (χ3v) is 6.08. The summed E-state index contributed by atoms with van der Waals surface area (Å²) in [6, 6.07) is 9.85. The molecular formula is C19H21ClN2O5S. The van der Waals surface area contributed by atoms with E-state index in [-0.39, 0.29) is 10.9 Å². The number of rotatable bonds is 6. The number of carbonyl (C=O) groups is 1. The van der Waals surface area contributed by atoms with Gasteiger partial charge in [-0.25, -0.2) is 8.42 Å². The van der Waals surface area contributed by atoms with Gasteiger partial charge in [-0.15, -0.1) is 0 Å². The zero-order valence-electron chi connectivity index (χ0n) is 15.4. The molecule has 2 aromatic carbocycles. The van der Waals surface area contributed by atoms with E-state index in [4.69, 9.17) is 21.1 Å². The van der Waals surface area contributed by atoms with Crippen molar-refractivity contribution >= 4 is 27.5 Å². The topological polar surface area (TPSA) is 93.7 Å². The number of fused-ring (bicyclic) bond motifs is 1. The molecule has 2 N–H and O–H groups in total. The number of carbonyl (C=O) groups excluding carboxylic acids is 1. The van der Waals surface area contributed by atoms with Gasteiger partial charge in [0.1, 0.15) is 13.2 Å². The second kappa shape index (κ2) is 8.38. The maximum atomic E-state index is 12.5. The maximum absolute atomic E-state index is 12.5. The summed E-state index contributed by atoms with van der Waals surface area (Å²) in [5.74, 6) is 0.846. The molecule has 150 valence electrons. The summed E-state index contributed by atoms with van der Waals surface area (Å²) in [7, 11) is -3.84. The zero-order valence-corrected chi connectivity index (χ0v) is 17.0. The minimum absolute atomic E-state index is 0.0384. The van der Waals surface area contributed by atoms with E-state index in [1.54, 1.807) is 6.07 Å². The van der Waals surface area contributed by atoms with Gasteiger partial charge in [-0.3, -0.25) is 4.79 Å². The van der Waals surface area contributed by atoms with Crippen LogP contribution in [0.25, 0.3) is 0 Å². The van der Waals surface area contributed by atoms with Gasteiger partial charge in [-0.2, -0.15) is 4.72 Å². The number of hydrogen-bond donors (Lipinski definition) is 2. The number of ether oxygens (including phenoxy) is 2. The summed E-state index contributed by atoms with van der Waals surface area (Å²) < 4.78 is 38.2. The minimum atomic E-state index is -3.84. The first kappa shape index (κ1) is 20.4. The highest BCUT2D eigenvalue weighted by molar-refractivity contribution is 7.89. The molecule has 0 aliphatic carbocycles. The fourth-order valence-corrected chi connectivity index (χ4v) is 4.05. The van der Waals surface area contributed by atoms with Crippen LogP contribution in [0.3, 0.4) is 0 Å². The fourth-order valence-electron chi connectivity index (χ4n) is 2.72. The molecule has 0 saturated heterocycles. The molecule has 0 fully saturated rings. The minimum Gasteiger partial charge on any atom is -0.486 e. The molecule has 0 radical (unpaired) electrons. The number of halogens is 1. The number of benzene rings is 2. The van der Waals surface area contributed by atoms with Crippen LogP contribution in [-0.2, 0) is 14.8 Å². The van der Waals surface area contributed by atoms with E-state index in [2.05, 4.69) is 10.0 Å². The number of nitrogens with one attached hydrogen (secondary N) is 2. The third-order valence-electron chi connectivity index (χ3n) is 4.27. The quantitative estimate of drug-likeness (QED) is 0.743. The lowest BCUT2D eigenvalue weighted by atomic mass is 10.1. The molecule has 1 heterocycles. The highest BCUT2D eigenvalue weighted by Gasteiger charge is 2.24. The van der Waals surface area contributed by atoms with Crippen LogP contribution in [0, 0.1) is 0 Å². The Labute approximate surface area is 169 Å². The molecular weight excluding hydrogens is 404 g/mol. The van der Waals surface area contributed by atoms with E-state index in [9.17, 15) is 13.2 Å². The van der Waals surface area contributed by atoms with Crippen molar-refractivity contribution in [3.8, 4) is 11.5 Å². The van der Waals surface area contributed by atoms with Crippen LogP contribution in [0.15, 0.2) is 47.4 Å². The summed E-state index contributed by atoms with van der Waals surface area (Å²) >= 11 is 5.78. The largest absolute Gasteiger partial charge is 0.486 e. The highest BCUT2D eigenvalue weighted by atomic mass is 35.5. The average molecular weight is 425 g/mol. The van der Waals surface area contributed by atoms with Crippen molar-refractivity contribution in [2.24, 2.45) is 0 Å². The van der Waals surface area contributed by atoms with Gasteiger partial charge in [0, 0.05) is 5.02 Å². The summed E-state index contributed by atoms with van der Waals surface area (Å²) in [4.78, 5) is 12.5. The highest BCUT2D eigenvalue weighted by Crippen LogP contribution is 2.32. The number of sulfonamides is 1. The Kier molecular flexibility index (Phi) is 6.12. The Morgan fingerprint density at radius 2 is 1.68 bits per heavy atom. The molecule has 1 aliphatic rings. The fraction of sp³-hybridized carbons (Fsp3) is 0.316. The molecule has 1 unspecified atom stereocenters. The number of amides is 1. The third kappa shape index (κ3) is 4.76. The molecule has 2 atom stereocenters. The van der Waals surface area contributed by atoms with Gasteiger partial charge in [0.05, 0.1) is 17.0 Å². The van der Waals surface area contributed by atoms with Crippen molar-refractivity contribution in [3.05, 3.63) is 53.1 Å². The zero-order chi connectivity index (χ0) is 20.3. The normalized spacial score (nSPS) is 15.5. The molecule has 0 saturated carbocycles. The predicted molar refractivity (Wildman–Crippen MR) is 105 cm³/mol. The first-order valence-electron chi connectivity index (χ1n) is 8.74. The van der Waals surface area contributed by atoms with Crippen molar-refractivity contribution < 1.29 is 22.7 Å². The molecule has 0 bridgehead atoms. The molecule has 7 nitrogen and oxygen atoms in total. The standard InChI is InChI=1S/C19H21ClN2O5S/c1-12(14-3-8-17-18(11-14)27-10-9-26-17)21-19(23)13(2)22-28(24,25)16-6-4-15(20)5-7-16/h3-8,11-13,22H,9-10H2,1-2H3,(H,21,23)/t12?,13-/m0/s1. The van der Waals surface area contributed by atoms with Crippen molar-refractivity contribution in [1.29, 1.82) is 0 Å². The van der Waals surface area contributed by atoms with Gasteiger partial charge in [0.25, 0.3) is 0 Å². The van der Waals surface area contributed by atoms with E-state index >= 15 is 0 Å². The lowest BCUT2D eigenvalue weighted by Gasteiger charge is -2.22. The predicted octanol–water partition coefficient (Wildman–Crippen LogP) is 2.66. The second-order valence-corrected chi connectivity index (χ2v) is 8.58. The van der Waals surface area contributed by atoms with Crippen LogP contribution in [0.2, 0.25) is 5.02 Å². The summed E-state index contributed by atoms with van der Waals surface area (Å²) in [6.45, 7) is 4.27. The average Bonchev–Trinajstić information content (AvgIpc) is 2.67. The van der Waals surface area contributed by atoms with Crippen LogP contribution < -0.4 is 19.5 Å². The van der Waals surface area contributed by atoms with Crippen molar-refractivity contribution in [1.82, 2.24) is 10.0 Å². The SMILES string of the molecule is CC(NC(=O)[C@H](C)NS(=O)(=O)c1ccc(Cl)cc1)c1ccc2c(c1)OCCO2. The molecule has 1 amide bonds. The van der Waals surface area contributed by atoms with E-state index in [1.165, 1.54) is 31.2 Å². The first-order chi connectivity index (χ1) is 13.3. The molecule has 9 heteroatoms. The van der Waals surface area contributed by atoms with Gasteiger partial charge in [0.2, 0.25) is 15.9 Å². The van der Waals surface area contributed by atoms with Crippen LogP contribution in [0.5, 0.6) is 11.5 Å². The Balaban J connectivity index is 1.64. The van der Waals surface area contributed by atoms with Crippen molar-refractivity contribution in [2.75, 3.05) is 13.2 Å². The smallest absolute Gasteiger partial charge is 0.241 e. The van der Waals surface area contributed by atoms with Gasteiger partial charge in [-0.1, -0.05) is 17.7 Å². The maximum Gasteiger partial charge on any atom is 0.241 e. The summed E-state index contributed by atoms with van der Waals surface area (Å²) in [5, 5.41) is 3.23. The lowest BCUT2D eigenvalue weighted by Crippen LogP contribution is -2.45. The van der Waals surface area contributed by atoms with E-state index in [1.807, 2.05) is 19.1 Å². The van der Waals surface area contributed by atoms with E-state index < -0.39 is 22.0 Å². The van der Waals surface area contributed by atoms with Crippen molar-refractivity contribution in [2.45, 2.75) is 30.8 Å². The monoisotopic (exact) mass is 424 g/mol. The Morgan fingerprint density at radius 3 is 2.36 bits per heavy atom. The lowest BCUT2D eigenvalue weighted by molar-refractivity contribution is -0.123. The Morgan fingerprint density at radius 1 is 1.04 bits per heavy atom. The molecule has 0 aromatic heterocycles. The first-order valence-corrected chi connectivity index (χ1v) is 10.6. The number of hydrogen-bond acceptors (Lipinski definition) is 5. The van der Waals surface area contributed by atoms with Gasteiger partial charge < -0.3 is 14.8 Å². The molecule has 0 spiro atoms. The molecule has 1 aliphatic heterocycles. The molecule has 2 aromatic rings. The Hall–Kier alpha value is -2.29. The van der Waals surface area contributed by atoms with Crippen LogP contribution >= 0.6 is 11.6 Å². The van der Waals surface area contributed by atoms with Crippen LogP contribution in [0.1, 0.15) is 25.5 Å². The summed E-state index contributed by atoms with van der Waals surface area (Å²) in [5.41, 5.74) is 0.824. The van der Waals surface area contributed by atoms with Gasteiger partial charge >= 0.3 is 0 Å². The Bertz CT molecular complexity index is 963. The second-order valence-electron chi connectivity index (χ2n) is 6.43.